The molecule has 3 heteroatoms. The van der Waals surface area contributed by atoms with Crippen LogP contribution in [0.2, 0.25) is 0 Å². The van der Waals surface area contributed by atoms with Gasteiger partial charge in [0, 0.05) is 25.4 Å². The molecule has 0 saturated heterocycles. The van der Waals surface area contributed by atoms with Gasteiger partial charge < -0.3 is 0 Å². The number of rotatable bonds is 4. The molecule has 0 N–H and O–H groups in total. The van der Waals surface area contributed by atoms with E-state index in [1.54, 1.807) is 6.92 Å². The molecule has 3 nitrogen and oxygen atoms in total. The summed E-state index contributed by atoms with van der Waals surface area (Å²) in [7, 11) is 0. The van der Waals surface area contributed by atoms with Gasteiger partial charge in [0.2, 0.25) is 0 Å². The molecule has 16 heavy (non-hydrogen) atoms. The Morgan fingerprint density at radius 1 is 1.31 bits per heavy atom. The monoisotopic (exact) mass is 222 g/mol. The molecule has 0 spiro atoms. The molecule has 1 fully saturated rings. The molecule has 0 aromatic rings. The van der Waals surface area contributed by atoms with Crippen molar-refractivity contribution in [3.8, 4) is 0 Å². The second-order valence-corrected chi connectivity index (χ2v) is 4.30. The maximum atomic E-state index is 11.4. The van der Waals surface area contributed by atoms with Gasteiger partial charge in [0.25, 0.3) is 0 Å². The maximum absolute atomic E-state index is 11.4. The molecule has 0 aliphatic heterocycles. The Morgan fingerprint density at radius 3 is 2.62 bits per heavy atom. The number of nitrogens with zero attached hydrogens (tertiary/aromatic N) is 2. The topological polar surface area (TPSA) is 41.8 Å². The molecule has 0 bridgehead atoms. The smallest absolute Gasteiger partial charge is 0.133 e. The molecule has 1 atom stereocenters. The number of carbonyl (C=O) groups excluding carboxylic acids is 1. The van der Waals surface area contributed by atoms with Crippen LogP contribution < -0.4 is 0 Å². The highest BCUT2D eigenvalue weighted by Crippen LogP contribution is 2.22. The van der Waals surface area contributed by atoms with Gasteiger partial charge in [0.15, 0.2) is 0 Å². The standard InChI is InChI=1S/C13H22N2O/c1-4-8-15-12-7-6-11(10(3)16)9-13(12)14-5-2/h11H,4-9H2,1-3H3. The van der Waals surface area contributed by atoms with Crippen LogP contribution >= 0.6 is 0 Å². The zero-order valence-electron chi connectivity index (χ0n) is 10.6. The van der Waals surface area contributed by atoms with Crippen molar-refractivity contribution in [2.75, 3.05) is 13.1 Å². The molecule has 0 aromatic carbocycles. The van der Waals surface area contributed by atoms with Gasteiger partial charge in [-0.25, -0.2) is 0 Å². The lowest BCUT2D eigenvalue weighted by Crippen LogP contribution is -2.29. The lowest BCUT2D eigenvalue weighted by Gasteiger charge is -2.22. The molecule has 1 aliphatic rings. The fraction of sp³-hybridized carbons (Fsp3) is 0.769. The van der Waals surface area contributed by atoms with Crippen molar-refractivity contribution in [2.45, 2.75) is 46.5 Å². The molecular weight excluding hydrogens is 200 g/mol. The second-order valence-electron chi connectivity index (χ2n) is 4.30. The molecule has 0 heterocycles. The largest absolute Gasteiger partial charge is 0.300 e. The molecule has 1 rings (SSSR count). The summed E-state index contributed by atoms with van der Waals surface area (Å²) >= 11 is 0. The van der Waals surface area contributed by atoms with Crippen molar-refractivity contribution in [1.82, 2.24) is 0 Å². The van der Waals surface area contributed by atoms with Crippen molar-refractivity contribution >= 4 is 17.2 Å². The van der Waals surface area contributed by atoms with Gasteiger partial charge in [-0.05, 0) is 33.1 Å². The first-order valence-electron chi connectivity index (χ1n) is 6.26. The van der Waals surface area contributed by atoms with Crippen molar-refractivity contribution < 1.29 is 4.79 Å². The number of aliphatic imine (C=N–C) groups is 2. The summed E-state index contributed by atoms with van der Waals surface area (Å²) in [5.74, 6) is 0.462. The number of hydrogen-bond donors (Lipinski definition) is 0. The summed E-state index contributed by atoms with van der Waals surface area (Å²) in [6.45, 7) is 7.50. The van der Waals surface area contributed by atoms with E-state index >= 15 is 0 Å². The lowest BCUT2D eigenvalue weighted by atomic mass is 9.84. The zero-order valence-corrected chi connectivity index (χ0v) is 10.6. The Morgan fingerprint density at radius 2 is 2.06 bits per heavy atom. The van der Waals surface area contributed by atoms with Crippen LogP contribution in [-0.2, 0) is 4.79 Å². The number of carbonyl (C=O) groups is 1. The lowest BCUT2D eigenvalue weighted by molar-refractivity contribution is -0.120. The average molecular weight is 222 g/mol. The minimum atomic E-state index is 0.172. The Balaban J connectivity index is 2.75. The van der Waals surface area contributed by atoms with Gasteiger partial charge in [-0.2, -0.15) is 0 Å². The van der Waals surface area contributed by atoms with Crippen LogP contribution in [0.5, 0.6) is 0 Å². The molecule has 1 aliphatic carbocycles. The summed E-state index contributed by atoms with van der Waals surface area (Å²) in [6.07, 6.45) is 3.73. The Labute approximate surface area is 98.1 Å². The Bertz CT molecular complexity index is 305. The predicted molar refractivity (Wildman–Crippen MR) is 68.6 cm³/mol. The van der Waals surface area contributed by atoms with E-state index in [1.165, 1.54) is 0 Å². The predicted octanol–water partition coefficient (Wildman–Crippen LogP) is 2.69. The summed E-state index contributed by atoms with van der Waals surface area (Å²) < 4.78 is 0. The van der Waals surface area contributed by atoms with Crippen LogP contribution in [0.1, 0.15) is 46.5 Å². The first-order chi connectivity index (χ1) is 7.69. The van der Waals surface area contributed by atoms with Crippen LogP contribution in [-0.4, -0.2) is 30.3 Å². The number of ketones is 1. The van der Waals surface area contributed by atoms with Gasteiger partial charge in [0.1, 0.15) is 5.78 Å². The third-order valence-electron chi connectivity index (χ3n) is 2.95. The number of hydrogen-bond acceptors (Lipinski definition) is 3. The summed E-state index contributed by atoms with van der Waals surface area (Å²) in [5, 5.41) is 0. The van der Waals surface area contributed by atoms with E-state index in [4.69, 9.17) is 0 Å². The highest BCUT2D eigenvalue weighted by molar-refractivity contribution is 6.43. The first-order valence-corrected chi connectivity index (χ1v) is 6.26. The van der Waals surface area contributed by atoms with E-state index in [0.717, 1.165) is 50.2 Å². The highest BCUT2D eigenvalue weighted by atomic mass is 16.1. The Hall–Kier alpha value is -0.990. The Kier molecular flexibility index (Phi) is 5.36. The molecule has 1 saturated carbocycles. The fourth-order valence-corrected chi connectivity index (χ4v) is 2.02. The second kappa shape index (κ2) is 6.56. The average Bonchev–Trinajstić information content (AvgIpc) is 2.27. The molecular formula is C13H22N2O. The van der Waals surface area contributed by atoms with E-state index in [1.807, 2.05) is 6.92 Å². The van der Waals surface area contributed by atoms with Crippen molar-refractivity contribution in [3.63, 3.8) is 0 Å². The van der Waals surface area contributed by atoms with E-state index in [0.29, 0.717) is 5.78 Å². The summed E-state index contributed by atoms with van der Waals surface area (Å²) in [6, 6.07) is 0. The molecule has 0 radical (unpaired) electrons. The molecule has 0 amide bonds. The van der Waals surface area contributed by atoms with E-state index < -0.39 is 0 Å². The normalized spacial score (nSPS) is 26.3. The van der Waals surface area contributed by atoms with Crippen molar-refractivity contribution in [2.24, 2.45) is 15.9 Å². The molecule has 90 valence electrons. The minimum absolute atomic E-state index is 0.172. The maximum Gasteiger partial charge on any atom is 0.133 e. The van der Waals surface area contributed by atoms with Crippen LogP contribution in [0.15, 0.2) is 9.98 Å². The molecule has 1 unspecified atom stereocenters. The van der Waals surface area contributed by atoms with E-state index in [2.05, 4.69) is 16.9 Å². The van der Waals surface area contributed by atoms with Crippen molar-refractivity contribution in [3.05, 3.63) is 0 Å². The van der Waals surface area contributed by atoms with Crippen LogP contribution in [0.25, 0.3) is 0 Å². The van der Waals surface area contributed by atoms with Crippen LogP contribution in [0, 0.1) is 5.92 Å². The van der Waals surface area contributed by atoms with Crippen LogP contribution in [0.3, 0.4) is 0 Å². The first kappa shape index (κ1) is 13.1. The summed E-state index contributed by atoms with van der Waals surface area (Å²) in [4.78, 5) is 20.4. The SMILES string of the molecule is CCCN=C1CCC(C(C)=O)CC1=NCC. The third kappa shape index (κ3) is 3.54. The van der Waals surface area contributed by atoms with Crippen molar-refractivity contribution in [1.29, 1.82) is 0 Å². The quantitative estimate of drug-likeness (QED) is 0.721. The number of Topliss-reactive ketones (excluding diaryl/α,β-unsaturated/α-hetero) is 1. The van der Waals surface area contributed by atoms with Crippen LogP contribution in [0.4, 0.5) is 0 Å². The highest BCUT2D eigenvalue weighted by Gasteiger charge is 2.25. The minimum Gasteiger partial charge on any atom is -0.300 e. The van der Waals surface area contributed by atoms with Gasteiger partial charge >= 0.3 is 0 Å². The van der Waals surface area contributed by atoms with Gasteiger partial charge in [0.05, 0.1) is 11.4 Å². The zero-order chi connectivity index (χ0) is 12.0. The summed E-state index contributed by atoms with van der Waals surface area (Å²) in [5.41, 5.74) is 2.21. The van der Waals surface area contributed by atoms with Gasteiger partial charge in [-0.15, -0.1) is 0 Å². The van der Waals surface area contributed by atoms with E-state index in [9.17, 15) is 4.79 Å². The van der Waals surface area contributed by atoms with Gasteiger partial charge in [-0.3, -0.25) is 14.8 Å². The fourth-order valence-electron chi connectivity index (χ4n) is 2.02. The molecule has 0 aromatic heterocycles. The third-order valence-corrected chi connectivity index (χ3v) is 2.95. The van der Waals surface area contributed by atoms with E-state index in [-0.39, 0.29) is 5.92 Å². The van der Waals surface area contributed by atoms with Gasteiger partial charge in [-0.1, -0.05) is 6.92 Å².